The van der Waals surface area contributed by atoms with Crippen molar-refractivity contribution in [3.63, 3.8) is 0 Å². The molecule has 2 aromatic carbocycles. The smallest absolute Gasteiger partial charge is 0.261 e. The number of methoxy groups -OCH3 is 1. The van der Waals surface area contributed by atoms with Gasteiger partial charge in [0.2, 0.25) is 5.91 Å². The van der Waals surface area contributed by atoms with E-state index in [1.807, 2.05) is 30.3 Å². The van der Waals surface area contributed by atoms with Crippen LogP contribution in [-0.4, -0.2) is 22.6 Å². The Kier molecular flexibility index (Phi) is 5.20. The number of aromatic nitrogens is 2. The van der Waals surface area contributed by atoms with Crippen LogP contribution in [0.1, 0.15) is 12.0 Å². The maximum atomic E-state index is 12.4. The number of hydrogen-bond donors (Lipinski definition) is 1. The Morgan fingerprint density at radius 2 is 2.04 bits per heavy atom. The molecule has 1 aromatic heterocycles. The molecule has 6 nitrogen and oxygen atoms in total. The lowest BCUT2D eigenvalue weighted by Crippen LogP contribution is -2.23. The van der Waals surface area contributed by atoms with Crippen LogP contribution in [0.5, 0.6) is 0 Å². The lowest BCUT2D eigenvalue weighted by Gasteiger charge is -2.09. The third kappa shape index (κ3) is 4.10. The Morgan fingerprint density at radius 1 is 1.20 bits per heavy atom. The normalized spacial score (nSPS) is 10.8. The van der Waals surface area contributed by atoms with Gasteiger partial charge in [-0.2, -0.15) is 0 Å². The van der Waals surface area contributed by atoms with Gasteiger partial charge in [0.15, 0.2) is 0 Å². The van der Waals surface area contributed by atoms with Crippen LogP contribution in [0.15, 0.2) is 59.7 Å². The number of aryl methyl sites for hydroxylation is 1. The first-order valence-electron chi connectivity index (χ1n) is 7.99. The summed E-state index contributed by atoms with van der Waals surface area (Å²) in [7, 11) is 1.63. The second-order valence-corrected chi connectivity index (χ2v) is 5.69. The Morgan fingerprint density at radius 3 is 2.88 bits per heavy atom. The molecule has 0 aliphatic heterocycles. The van der Waals surface area contributed by atoms with Crippen molar-refractivity contribution >= 4 is 22.5 Å². The SMILES string of the molecule is COCc1cccc(NC(=O)CCn2cnc3ccccc3c2=O)c1. The van der Waals surface area contributed by atoms with E-state index < -0.39 is 0 Å². The molecule has 6 heteroatoms. The van der Waals surface area contributed by atoms with Crippen molar-refractivity contribution in [2.45, 2.75) is 19.6 Å². The van der Waals surface area contributed by atoms with Crippen molar-refractivity contribution in [1.82, 2.24) is 9.55 Å². The minimum absolute atomic E-state index is 0.138. The Bertz CT molecular complexity index is 950. The van der Waals surface area contributed by atoms with Gasteiger partial charge in [-0.15, -0.1) is 0 Å². The van der Waals surface area contributed by atoms with Crippen LogP contribution in [0.2, 0.25) is 0 Å². The number of nitrogens with one attached hydrogen (secondary N) is 1. The number of carbonyl (C=O) groups is 1. The number of para-hydroxylation sites is 1. The zero-order valence-electron chi connectivity index (χ0n) is 13.9. The molecule has 1 N–H and O–H groups in total. The van der Waals surface area contributed by atoms with Crippen molar-refractivity contribution in [2.75, 3.05) is 12.4 Å². The lowest BCUT2D eigenvalue weighted by molar-refractivity contribution is -0.116. The predicted octanol–water partition coefficient (Wildman–Crippen LogP) is 2.57. The summed E-state index contributed by atoms with van der Waals surface area (Å²) in [6.07, 6.45) is 1.67. The fourth-order valence-corrected chi connectivity index (χ4v) is 2.62. The molecular formula is C19H19N3O3. The van der Waals surface area contributed by atoms with E-state index in [1.54, 1.807) is 25.3 Å². The summed E-state index contributed by atoms with van der Waals surface area (Å²) >= 11 is 0. The molecule has 0 aliphatic rings. The second kappa shape index (κ2) is 7.72. The van der Waals surface area contributed by atoms with E-state index in [0.717, 1.165) is 5.56 Å². The van der Waals surface area contributed by atoms with E-state index >= 15 is 0 Å². The van der Waals surface area contributed by atoms with Gasteiger partial charge in [0.25, 0.3) is 5.56 Å². The van der Waals surface area contributed by atoms with Crippen molar-refractivity contribution in [3.8, 4) is 0 Å². The van der Waals surface area contributed by atoms with Gasteiger partial charge in [0, 0.05) is 25.8 Å². The summed E-state index contributed by atoms with van der Waals surface area (Å²) in [4.78, 5) is 28.8. The highest BCUT2D eigenvalue weighted by Crippen LogP contribution is 2.12. The fourth-order valence-electron chi connectivity index (χ4n) is 2.62. The van der Waals surface area contributed by atoms with E-state index in [0.29, 0.717) is 23.2 Å². The molecule has 3 rings (SSSR count). The molecule has 1 heterocycles. The van der Waals surface area contributed by atoms with Crippen LogP contribution >= 0.6 is 0 Å². The molecule has 0 radical (unpaired) electrons. The molecule has 0 spiro atoms. The predicted molar refractivity (Wildman–Crippen MR) is 96.4 cm³/mol. The van der Waals surface area contributed by atoms with Crippen LogP contribution in [0.4, 0.5) is 5.69 Å². The van der Waals surface area contributed by atoms with Gasteiger partial charge in [-0.3, -0.25) is 14.2 Å². The minimum atomic E-state index is -0.158. The van der Waals surface area contributed by atoms with Gasteiger partial charge in [0.1, 0.15) is 0 Å². The van der Waals surface area contributed by atoms with Crippen LogP contribution in [0.3, 0.4) is 0 Å². The van der Waals surface area contributed by atoms with Gasteiger partial charge in [-0.05, 0) is 29.8 Å². The van der Waals surface area contributed by atoms with Crippen molar-refractivity contribution < 1.29 is 9.53 Å². The standard InChI is InChI=1S/C19H19N3O3/c1-25-12-14-5-4-6-15(11-14)21-18(23)9-10-22-13-20-17-8-3-2-7-16(17)19(22)24/h2-8,11,13H,9-10,12H2,1H3,(H,21,23). The second-order valence-electron chi connectivity index (χ2n) is 5.69. The van der Waals surface area contributed by atoms with Gasteiger partial charge < -0.3 is 10.1 Å². The van der Waals surface area contributed by atoms with Gasteiger partial charge in [-0.1, -0.05) is 24.3 Å². The first-order valence-corrected chi connectivity index (χ1v) is 7.99. The van der Waals surface area contributed by atoms with E-state index in [1.165, 1.54) is 10.9 Å². The third-order valence-corrected chi connectivity index (χ3v) is 3.83. The number of anilines is 1. The van der Waals surface area contributed by atoms with Gasteiger partial charge >= 0.3 is 0 Å². The van der Waals surface area contributed by atoms with E-state index in [9.17, 15) is 9.59 Å². The molecule has 3 aromatic rings. The number of ether oxygens (including phenoxy) is 1. The summed E-state index contributed by atoms with van der Waals surface area (Å²) in [6, 6.07) is 14.6. The summed E-state index contributed by atoms with van der Waals surface area (Å²) < 4.78 is 6.55. The maximum absolute atomic E-state index is 12.4. The number of carbonyl (C=O) groups excluding carboxylic acids is 1. The molecule has 0 saturated heterocycles. The highest BCUT2D eigenvalue weighted by Gasteiger charge is 2.07. The zero-order valence-corrected chi connectivity index (χ0v) is 13.9. The van der Waals surface area contributed by atoms with Crippen LogP contribution < -0.4 is 10.9 Å². The molecule has 0 aliphatic carbocycles. The summed E-state index contributed by atoms with van der Waals surface area (Å²) in [5.41, 5.74) is 2.21. The lowest BCUT2D eigenvalue weighted by atomic mass is 10.2. The van der Waals surface area contributed by atoms with Crippen LogP contribution in [0, 0.1) is 0 Å². The Balaban J connectivity index is 1.65. The monoisotopic (exact) mass is 337 g/mol. The quantitative estimate of drug-likeness (QED) is 0.750. The summed E-state index contributed by atoms with van der Waals surface area (Å²) in [5.74, 6) is -0.158. The topological polar surface area (TPSA) is 73.2 Å². The summed E-state index contributed by atoms with van der Waals surface area (Å²) in [6.45, 7) is 0.766. The van der Waals surface area contributed by atoms with Gasteiger partial charge in [0.05, 0.1) is 23.8 Å². The number of rotatable bonds is 6. The van der Waals surface area contributed by atoms with E-state index in [4.69, 9.17) is 4.74 Å². The fraction of sp³-hybridized carbons (Fsp3) is 0.211. The molecule has 0 saturated carbocycles. The molecule has 0 fully saturated rings. The minimum Gasteiger partial charge on any atom is -0.380 e. The molecule has 0 atom stereocenters. The molecule has 128 valence electrons. The zero-order chi connectivity index (χ0) is 17.6. The number of hydrogen-bond acceptors (Lipinski definition) is 4. The average Bonchev–Trinajstić information content (AvgIpc) is 2.62. The average molecular weight is 337 g/mol. The van der Waals surface area contributed by atoms with Crippen molar-refractivity contribution in [2.24, 2.45) is 0 Å². The first kappa shape index (κ1) is 16.9. The van der Waals surface area contributed by atoms with E-state index in [2.05, 4.69) is 10.3 Å². The number of benzene rings is 2. The molecule has 1 amide bonds. The highest BCUT2D eigenvalue weighted by molar-refractivity contribution is 5.90. The van der Waals surface area contributed by atoms with Crippen LogP contribution in [-0.2, 0) is 22.7 Å². The number of amides is 1. The van der Waals surface area contributed by atoms with Crippen LogP contribution in [0.25, 0.3) is 10.9 Å². The largest absolute Gasteiger partial charge is 0.380 e. The molecular weight excluding hydrogens is 318 g/mol. The molecule has 0 unspecified atom stereocenters. The highest BCUT2D eigenvalue weighted by atomic mass is 16.5. The first-order chi connectivity index (χ1) is 12.2. The Hall–Kier alpha value is -2.99. The Labute approximate surface area is 145 Å². The summed E-state index contributed by atoms with van der Waals surface area (Å²) in [5, 5.41) is 3.39. The number of nitrogens with zero attached hydrogens (tertiary/aromatic N) is 2. The van der Waals surface area contributed by atoms with Crippen molar-refractivity contribution in [1.29, 1.82) is 0 Å². The maximum Gasteiger partial charge on any atom is 0.261 e. The third-order valence-electron chi connectivity index (χ3n) is 3.83. The molecule has 0 bridgehead atoms. The molecule has 25 heavy (non-hydrogen) atoms. The van der Waals surface area contributed by atoms with E-state index in [-0.39, 0.29) is 24.4 Å². The number of fused-ring (bicyclic) bond motifs is 1. The van der Waals surface area contributed by atoms with Crippen molar-refractivity contribution in [3.05, 3.63) is 70.8 Å². The van der Waals surface area contributed by atoms with Gasteiger partial charge in [-0.25, -0.2) is 4.98 Å².